The van der Waals surface area contributed by atoms with Crippen LogP contribution in [0.25, 0.3) is 0 Å². The Morgan fingerprint density at radius 2 is 1.00 bits per heavy atom. The zero-order valence-electron chi connectivity index (χ0n) is 12.2. The standard InChI is InChI=1S/C19H14Cl3N/c20-19(21,22)17-13-7-8-14-18(17)23(15-9-3-1-4-10-15)16-11-5-2-6-12-16/h1-14H. The van der Waals surface area contributed by atoms with Crippen molar-refractivity contribution >= 4 is 51.9 Å². The highest BCUT2D eigenvalue weighted by Gasteiger charge is 2.28. The summed E-state index contributed by atoms with van der Waals surface area (Å²) in [7, 11) is 0. The van der Waals surface area contributed by atoms with Gasteiger partial charge in [0.25, 0.3) is 0 Å². The highest BCUT2D eigenvalue weighted by molar-refractivity contribution is 6.67. The number of hydrogen-bond acceptors (Lipinski definition) is 1. The lowest BCUT2D eigenvalue weighted by Gasteiger charge is -2.29. The Hall–Kier alpha value is -1.67. The first-order valence-electron chi connectivity index (χ1n) is 7.14. The summed E-state index contributed by atoms with van der Waals surface area (Å²) in [6.07, 6.45) is 0. The summed E-state index contributed by atoms with van der Waals surface area (Å²) in [5, 5.41) is 0. The smallest absolute Gasteiger partial charge is 0.218 e. The molecule has 3 aromatic carbocycles. The minimum atomic E-state index is -1.50. The normalized spacial score (nSPS) is 11.3. The molecule has 23 heavy (non-hydrogen) atoms. The number of rotatable bonds is 3. The Bertz CT molecular complexity index is 728. The SMILES string of the molecule is ClC(Cl)(Cl)c1ccccc1N(c1ccccc1)c1ccccc1. The number of halogens is 3. The molecule has 0 spiro atoms. The van der Waals surface area contributed by atoms with Crippen molar-refractivity contribution in [3.8, 4) is 0 Å². The van der Waals surface area contributed by atoms with Crippen molar-refractivity contribution in [3.63, 3.8) is 0 Å². The summed E-state index contributed by atoms with van der Waals surface area (Å²) in [6, 6.07) is 27.6. The van der Waals surface area contributed by atoms with E-state index in [1.807, 2.05) is 84.9 Å². The van der Waals surface area contributed by atoms with Gasteiger partial charge in [-0.1, -0.05) is 89.4 Å². The number of benzene rings is 3. The van der Waals surface area contributed by atoms with E-state index in [0.717, 1.165) is 17.1 Å². The second-order valence-corrected chi connectivity index (χ2v) is 7.30. The zero-order valence-corrected chi connectivity index (χ0v) is 14.4. The maximum absolute atomic E-state index is 6.19. The van der Waals surface area contributed by atoms with Gasteiger partial charge in [-0.3, -0.25) is 0 Å². The number of anilines is 3. The molecule has 0 aliphatic heterocycles. The lowest BCUT2D eigenvalue weighted by molar-refractivity contribution is 1.18. The molecule has 0 heterocycles. The molecule has 0 N–H and O–H groups in total. The summed E-state index contributed by atoms with van der Waals surface area (Å²) in [4.78, 5) is 2.08. The van der Waals surface area contributed by atoms with Crippen LogP contribution in [0.15, 0.2) is 84.9 Å². The van der Waals surface area contributed by atoms with Crippen LogP contribution in [0.3, 0.4) is 0 Å². The third-order valence-corrected chi connectivity index (χ3v) is 4.09. The van der Waals surface area contributed by atoms with Gasteiger partial charge < -0.3 is 4.90 Å². The molecule has 0 saturated carbocycles. The molecule has 0 amide bonds. The quantitative estimate of drug-likeness (QED) is 0.454. The average Bonchev–Trinajstić information content (AvgIpc) is 2.57. The molecule has 3 aromatic rings. The predicted octanol–water partition coefficient (Wildman–Crippen LogP) is 6.98. The fraction of sp³-hybridized carbons (Fsp3) is 0.0526. The van der Waals surface area contributed by atoms with Crippen molar-refractivity contribution in [3.05, 3.63) is 90.5 Å². The first-order chi connectivity index (χ1) is 11.1. The van der Waals surface area contributed by atoms with Gasteiger partial charge in [-0.05, 0) is 30.3 Å². The van der Waals surface area contributed by atoms with Crippen molar-refractivity contribution < 1.29 is 0 Å². The number of hydrogen-bond donors (Lipinski definition) is 0. The first-order valence-corrected chi connectivity index (χ1v) is 8.27. The Balaban J connectivity index is 2.22. The van der Waals surface area contributed by atoms with E-state index in [-0.39, 0.29) is 0 Å². The molecular weight excluding hydrogens is 349 g/mol. The molecule has 1 nitrogen and oxygen atoms in total. The fourth-order valence-electron chi connectivity index (χ4n) is 2.49. The van der Waals surface area contributed by atoms with Gasteiger partial charge in [-0.2, -0.15) is 0 Å². The van der Waals surface area contributed by atoms with E-state index in [2.05, 4.69) is 4.90 Å². The van der Waals surface area contributed by atoms with Gasteiger partial charge in [0.1, 0.15) is 0 Å². The highest BCUT2D eigenvalue weighted by Crippen LogP contribution is 2.46. The van der Waals surface area contributed by atoms with Crippen LogP contribution in [-0.2, 0) is 3.79 Å². The molecule has 0 aliphatic rings. The Morgan fingerprint density at radius 1 is 0.565 bits per heavy atom. The summed E-state index contributed by atoms with van der Waals surface area (Å²) < 4.78 is -1.50. The molecule has 0 fully saturated rings. The molecule has 116 valence electrons. The van der Waals surface area contributed by atoms with Crippen LogP contribution in [0.4, 0.5) is 17.1 Å². The van der Waals surface area contributed by atoms with Gasteiger partial charge >= 0.3 is 0 Å². The van der Waals surface area contributed by atoms with Gasteiger partial charge in [0, 0.05) is 16.9 Å². The second-order valence-electron chi connectivity index (χ2n) is 5.02. The van der Waals surface area contributed by atoms with E-state index >= 15 is 0 Å². The maximum Gasteiger partial charge on any atom is 0.218 e. The van der Waals surface area contributed by atoms with Crippen LogP contribution in [0.1, 0.15) is 5.56 Å². The summed E-state index contributed by atoms with van der Waals surface area (Å²) in [6.45, 7) is 0. The molecule has 0 saturated heterocycles. The summed E-state index contributed by atoms with van der Waals surface area (Å²) in [5.41, 5.74) is 3.48. The van der Waals surface area contributed by atoms with Crippen LogP contribution in [-0.4, -0.2) is 0 Å². The molecule has 0 atom stereocenters. The number of para-hydroxylation sites is 3. The topological polar surface area (TPSA) is 3.24 Å². The van der Waals surface area contributed by atoms with Gasteiger partial charge in [0.15, 0.2) is 0 Å². The Labute approximate surface area is 151 Å². The van der Waals surface area contributed by atoms with Gasteiger partial charge in [-0.15, -0.1) is 0 Å². The molecule has 4 heteroatoms. The predicted molar refractivity (Wildman–Crippen MR) is 100 cm³/mol. The second kappa shape index (κ2) is 6.84. The van der Waals surface area contributed by atoms with Gasteiger partial charge in [0.2, 0.25) is 3.79 Å². The van der Waals surface area contributed by atoms with Crippen molar-refractivity contribution in [1.82, 2.24) is 0 Å². The van der Waals surface area contributed by atoms with E-state index in [9.17, 15) is 0 Å². The van der Waals surface area contributed by atoms with Crippen molar-refractivity contribution in [2.75, 3.05) is 4.90 Å². The van der Waals surface area contributed by atoms with E-state index in [1.54, 1.807) is 0 Å². The minimum Gasteiger partial charge on any atom is -0.310 e. The molecule has 0 radical (unpaired) electrons. The van der Waals surface area contributed by atoms with E-state index in [0.29, 0.717) is 5.56 Å². The summed E-state index contributed by atoms with van der Waals surface area (Å²) in [5.74, 6) is 0. The number of nitrogens with zero attached hydrogens (tertiary/aromatic N) is 1. The fourth-order valence-corrected chi connectivity index (χ4v) is 2.97. The number of alkyl halides is 3. The van der Waals surface area contributed by atoms with Crippen LogP contribution >= 0.6 is 34.8 Å². The van der Waals surface area contributed by atoms with E-state index in [4.69, 9.17) is 34.8 Å². The van der Waals surface area contributed by atoms with Crippen molar-refractivity contribution in [2.45, 2.75) is 3.79 Å². The van der Waals surface area contributed by atoms with Crippen molar-refractivity contribution in [2.24, 2.45) is 0 Å². The van der Waals surface area contributed by atoms with Gasteiger partial charge in [0.05, 0.1) is 5.69 Å². The lowest BCUT2D eigenvalue weighted by Crippen LogP contribution is -2.15. The molecule has 0 aromatic heterocycles. The van der Waals surface area contributed by atoms with Crippen molar-refractivity contribution in [1.29, 1.82) is 0 Å². The third kappa shape index (κ3) is 3.64. The molecule has 0 unspecified atom stereocenters. The largest absolute Gasteiger partial charge is 0.310 e. The molecule has 0 bridgehead atoms. The summed E-state index contributed by atoms with van der Waals surface area (Å²) >= 11 is 18.6. The first kappa shape index (κ1) is 16.2. The zero-order chi connectivity index (χ0) is 16.3. The Kier molecular flexibility index (Phi) is 4.82. The molecule has 0 aliphatic carbocycles. The van der Waals surface area contributed by atoms with Crippen LogP contribution in [0, 0.1) is 0 Å². The Morgan fingerprint density at radius 3 is 1.48 bits per heavy atom. The van der Waals surface area contributed by atoms with E-state index < -0.39 is 3.79 Å². The van der Waals surface area contributed by atoms with Crippen LogP contribution in [0.5, 0.6) is 0 Å². The molecule has 3 rings (SSSR count). The van der Waals surface area contributed by atoms with Crippen LogP contribution in [0.2, 0.25) is 0 Å². The van der Waals surface area contributed by atoms with E-state index in [1.165, 1.54) is 0 Å². The third-order valence-electron chi connectivity index (χ3n) is 3.48. The molecular formula is C19H14Cl3N. The van der Waals surface area contributed by atoms with Crippen LogP contribution < -0.4 is 4.90 Å². The minimum absolute atomic E-state index is 0.637. The average molecular weight is 363 g/mol. The maximum atomic E-state index is 6.19. The monoisotopic (exact) mass is 361 g/mol. The van der Waals surface area contributed by atoms with Gasteiger partial charge in [-0.25, -0.2) is 0 Å². The lowest BCUT2D eigenvalue weighted by atomic mass is 10.1. The highest BCUT2D eigenvalue weighted by atomic mass is 35.6.